The van der Waals surface area contributed by atoms with Gasteiger partial charge in [0.1, 0.15) is 5.75 Å². The normalized spacial score (nSPS) is 20.4. The highest BCUT2D eigenvalue weighted by atomic mass is 32.2. The number of piperidine rings is 1. The van der Waals surface area contributed by atoms with Crippen LogP contribution in [0.2, 0.25) is 0 Å². The van der Waals surface area contributed by atoms with Crippen molar-refractivity contribution in [2.75, 3.05) is 56.7 Å². The second-order valence-electron chi connectivity index (χ2n) is 6.72. The van der Waals surface area contributed by atoms with E-state index in [-0.39, 0.29) is 5.91 Å². The highest BCUT2D eigenvalue weighted by Gasteiger charge is 2.25. The van der Waals surface area contributed by atoms with Crippen molar-refractivity contribution in [1.29, 1.82) is 0 Å². The lowest BCUT2D eigenvalue weighted by Gasteiger charge is -2.40. The van der Waals surface area contributed by atoms with Gasteiger partial charge in [0.15, 0.2) is 0 Å². The van der Waals surface area contributed by atoms with Gasteiger partial charge in [-0.15, -0.1) is 0 Å². The molecule has 5 nitrogen and oxygen atoms in total. The molecule has 2 heterocycles. The largest absolute Gasteiger partial charge is 0.495 e. The summed E-state index contributed by atoms with van der Waals surface area (Å²) in [6.45, 7) is 5.54. The molecule has 0 spiro atoms. The van der Waals surface area contributed by atoms with Crippen molar-refractivity contribution in [3.63, 3.8) is 0 Å². The lowest BCUT2D eigenvalue weighted by Crippen LogP contribution is -2.48. The summed E-state index contributed by atoms with van der Waals surface area (Å²) < 4.78 is 5.28. The topological polar surface area (TPSA) is 44.8 Å². The number of hydrogen-bond acceptors (Lipinski definition) is 5. The average Bonchev–Trinajstić information content (AvgIpc) is 2.68. The molecule has 3 rings (SSSR count). The minimum Gasteiger partial charge on any atom is -0.495 e. The third-order valence-corrected chi connectivity index (χ3v) is 6.10. The molecule has 1 aromatic rings. The molecular formula is C19H29N3O2S. The average molecular weight is 364 g/mol. The van der Waals surface area contributed by atoms with E-state index in [1.54, 1.807) is 7.11 Å². The molecule has 1 amide bonds. The zero-order valence-corrected chi connectivity index (χ0v) is 15.9. The van der Waals surface area contributed by atoms with Gasteiger partial charge in [-0.25, -0.2) is 0 Å². The molecule has 0 unspecified atom stereocenters. The van der Waals surface area contributed by atoms with Crippen LogP contribution in [0.3, 0.4) is 0 Å². The molecule has 0 bridgehead atoms. The maximum absolute atomic E-state index is 12.2. The second-order valence-corrected chi connectivity index (χ2v) is 7.94. The first-order valence-electron chi connectivity index (χ1n) is 9.23. The molecule has 0 aliphatic carbocycles. The Bertz CT molecular complexity index is 555. The van der Waals surface area contributed by atoms with Gasteiger partial charge < -0.3 is 15.0 Å². The summed E-state index contributed by atoms with van der Waals surface area (Å²) in [4.78, 5) is 17.3. The molecular weight excluding hydrogens is 334 g/mol. The number of carbonyl (C=O) groups excluding carboxylic acids is 1. The van der Waals surface area contributed by atoms with Gasteiger partial charge in [-0.1, -0.05) is 12.1 Å². The van der Waals surface area contributed by atoms with E-state index >= 15 is 0 Å². The molecule has 1 N–H and O–H groups in total. The van der Waals surface area contributed by atoms with E-state index < -0.39 is 0 Å². The van der Waals surface area contributed by atoms with Crippen molar-refractivity contribution in [3.05, 3.63) is 24.3 Å². The van der Waals surface area contributed by atoms with E-state index in [4.69, 9.17) is 4.74 Å². The van der Waals surface area contributed by atoms with Crippen molar-refractivity contribution in [1.82, 2.24) is 9.80 Å². The lowest BCUT2D eigenvalue weighted by atomic mass is 10.0. The highest BCUT2D eigenvalue weighted by molar-refractivity contribution is 7.99. The number of anilines is 1. The number of likely N-dealkylation sites (tertiary alicyclic amines) is 1. The number of methoxy groups -OCH3 is 1. The molecule has 0 atom stereocenters. The third-order valence-electron chi connectivity index (χ3n) is 5.16. The summed E-state index contributed by atoms with van der Waals surface area (Å²) in [5.41, 5.74) is 0.747. The molecule has 0 aromatic heterocycles. The Kier molecular flexibility index (Phi) is 7.02. The Morgan fingerprint density at radius 2 is 1.92 bits per heavy atom. The smallest absolute Gasteiger partial charge is 0.225 e. The fourth-order valence-corrected chi connectivity index (χ4v) is 4.60. The van der Waals surface area contributed by atoms with Crippen LogP contribution in [-0.4, -0.2) is 73.1 Å². The number of benzene rings is 1. The van der Waals surface area contributed by atoms with Crippen LogP contribution < -0.4 is 10.1 Å². The number of nitrogens with one attached hydrogen (secondary N) is 1. The Morgan fingerprint density at radius 1 is 1.20 bits per heavy atom. The van der Waals surface area contributed by atoms with Crippen LogP contribution in [0, 0.1) is 0 Å². The SMILES string of the molecule is COc1ccccc1NC(=O)CCN1CCC(N2CCSCC2)CC1. The summed E-state index contributed by atoms with van der Waals surface area (Å²) in [6, 6.07) is 8.29. The Morgan fingerprint density at radius 3 is 2.64 bits per heavy atom. The monoisotopic (exact) mass is 363 g/mol. The van der Waals surface area contributed by atoms with Crippen LogP contribution in [0.25, 0.3) is 0 Å². The summed E-state index contributed by atoms with van der Waals surface area (Å²) in [7, 11) is 1.62. The molecule has 2 fully saturated rings. The minimum atomic E-state index is 0.0553. The predicted molar refractivity (Wildman–Crippen MR) is 105 cm³/mol. The van der Waals surface area contributed by atoms with Gasteiger partial charge in [-0.2, -0.15) is 11.8 Å². The van der Waals surface area contributed by atoms with E-state index in [9.17, 15) is 4.79 Å². The number of hydrogen-bond donors (Lipinski definition) is 1. The predicted octanol–water partition coefficient (Wildman–Crippen LogP) is 2.54. The van der Waals surface area contributed by atoms with Gasteiger partial charge in [-0.3, -0.25) is 9.69 Å². The molecule has 6 heteroatoms. The minimum absolute atomic E-state index is 0.0553. The van der Waals surface area contributed by atoms with Crippen LogP contribution in [0.15, 0.2) is 24.3 Å². The van der Waals surface area contributed by atoms with Crippen LogP contribution in [0.4, 0.5) is 5.69 Å². The van der Waals surface area contributed by atoms with Gasteiger partial charge in [0.2, 0.25) is 5.91 Å². The van der Waals surface area contributed by atoms with E-state index in [1.807, 2.05) is 24.3 Å². The number of carbonyl (C=O) groups is 1. The molecule has 2 aliphatic heterocycles. The number of thioether (sulfide) groups is 1. The fourth-order valence-electron chi connectivity index (χ4n) is 3.67. The summed E-state index contributed by atoms with van der Waals surface area (Å²) in [5, 5.41) is 2.96. The molecule has 2 aliphatic rings. The van der Waals surface area contributed by atoms with Crippen molar-refractivity contribution in [3.8, 4) is 5.75 Å². The summed E-state index contributed by atoms with van der Waals surface area (Å²) in [5.74, 6) is 3.32. The Hall–Kier alpha value is -1.24. The van der Waals surface area contributed by atoms with Crippen molar-refractivity contribution in [2.24, 2.45) is 0 Å². The van der Waals surface area contributed by atoms with Crippen LogP contribution in [0.1, 0.15) is 19.3 Å². The number of nitrogens with zero attached hydrogens (tertiary/aromatic N) is 2. The Balaban J connectivity index is 1.38. The van der Waals surface area contributed by atoms with E-state index in [1.165, 1.54) is 37.4 Å². The summed E-state index contributed by atoms with van der Waals surface area (Å²) in [6.07, 6.45) is 3.00. The molecule has 2 saturated heterocycles. The standard InChI is InChI=1S/C19H29N3O2S/c1-24-18-5-3-2-4-17(18)20-19(23)8-11-21-9-6-16(7-10-21)22-12-14-25-15-13-22/h2-5,16H,6-15H2,1H3,(H,20,23). The van der Waals surface area contributed by atoms with Gasteiger partial charge in [0.25, 0.3) is 0 Å². The van der Waals surface area contributed by atoms with E-state index in [0.29, 0.717) is 12.2 Å². The second kappa shape index (κ2) is 9.46. The fraction of sp³-hybridized carbons (Fsp3) is 0.632. The van der Waals surface area contributed by atoms with Crippen molar-refractivity contribution < 1.29 is 9.53 Å². The Labute approximate surface area is 155 Å². The first-order valence-corrected chi connectivity index (χ1v) is 10.4. The lowest BCUT2D eigenvalue weighted by molar-refractivity contribution is -0.116. The van der Waals surface area contributed by atoms with Gasteiger partial charge >= 0.3 is 0 Å². The van der Waals surface area contributed by atoms with Crippen LogP contribution in [0.5, 0.6) is 5.75 Å². The maximum atomic E-state index is 12.2. The van der Waals surface area contributed by atoms with Crippen LogP contribution >= 0.6 is 11.8 Å². The highest BCUT2D eigenvalue weighted by Crippen LogP contribution is 2.23. The van der Waals surface area contributed by atoms with Crippen molar-refractivity contribution >= 4 is 23.4 Å². The number of ether oxygens (including phenoxy) is 1. The molecule has 0 radical (unpaired) electrons. The van der Waals surface area contributed by atoms with Crippen LogP contribution in [-0.2, 0) is 4.79 Å². The maximum Gasteiger partial charge on any atom is 0.225 e. The van der Waals surface area contributed by atoms with Crippen molar-refractivity contribution in [2.45, 2.75) is 25.3 Å². The molecule has 138 valence electrons. The first-order chi connectivity index (χ1) is 12.3. The number of para-hydroxylation sites is 2. The summed E-state index contributed by atoms with van der Waals surface area (Å²) >= 11 is 2.07. The molecule has 0 saturated carbocycles. The molecule has 1 aromatic carbocycles. The zero-order chi connectivity index (χ0) is 17.5. The van der Waals surface area contributed by atoms with E-state index in [0.717, 1.165) is 31.4 Å². The van der Waals surface area contributed by atoms with Gasteiger partial charge in [-0.05, 0) is 38.1 Å². The zero-order valence-electron chi connectivity index (χ0n) is 15.1. The quantitative estimate of drug-likeness (QED) is 0.841. The number of rotatable bonds is 6. The third kappa shape index (κ3) is 5.36. The van der Waals surface area contributed by atoms with Gasteiger partial charge in [0, 0.05) is 43.6 Å². The van der Waals surface area contributed by atoms with Gasteiger partial charge in [0.05, 0.1) is 12.8 Å². The molecule has 25 heavy (non-hydrogen) atoms. The number of amides is 1. The van der Waals surface area contributed by atoms with E-state index in [2.05, 4.69) is 26.9 Å². The first kappa shape index (κ1) is 18.5.